The van der Waals surface area contributed by atoms with Gasteiger partial charge in [0.1, 0.15) is 0 Å². The standard InChI is InChI=1S/C6H6O3S.C4H11N/c7-10(8,9)6-4-2-1-3-5-6;1-3-5-4-2/h1-5H,(H,7,8,9);5H,3-4H2,1-2H3. The lowest BCUT2D eigenvalue weighted by atomic mass is 10.4. The summed E-state index contributed by atoms with van der Waals surface area (Å²) in [5.74, 6) is 0. The molecule has 15 heavy (non-hydrogen) atoms. The fourth-order valence-corrected chi connectivity index (χ4v) is 1.34. The third kappa shape index (κ3) is 7.07. The highest BCUT2D eigenvalue weighted by Crippen LogP contribution is 2.05. The van der Waals surface area contributed by atoms with Crippen molar-refractivity contribution >= 4 is 10.1 Å². The second-order valence-electron chi connectivity index (χ2n) is 2.75. The van der Waals surface area contributed by atoms with Crippen molar-refractivity contribution < 1.29 is 13.0 Å². The molecule has 2 N–H and O–H groups in total. The van der Waals surface area contributed by atoms with Crippen LogP contribution < -0.4 is 5.32 Å². The lowest BCUT2D eigenvalue weighted by Crippen LogP contribution is -2.09. The molecule has 0 atom stereocenters. The van der Waals surface area contributed by atoms with Crippen molar-refractivity contribution in [3.8, 4) is 0 Å². The molecule has 0 unspecified atom stereocenters. The zero-order valence-electron chi connectivity index (χ0n) is 8.97. The van der Waals surface area contributed by atoms with Gasteiger partial charge < -0.3 is 5.32 Å². The van der Waals surface area contributed by atoms with E-state index < -0.39 is 10.1 Å². The van der Waals surface area contributed by atoms with Gasteiger partial charge in [-0.3, -0.25) is 4.55 Å². The van der Waals surface area contributed by atoms with Crippen LogP contribution >= 0.6 is 0 Å². The molecule has 1 rings (SSSR count). The molecule has 1 aromatic carbocycles. The van der Waals surface area contributed by atoms with Gasteiger partial charge in [-0.15, -0.1) is 0 Å². The highest BCUT2D eigenvalue weighted by atomic mass is 32.2. The zero-order chi connectivity index (χ0) is 11.7. The van der Waals surface area contributed by atoms with Crippen molar-refractivity contribution in [1.29, 1.82) is 0 Å². The minimum Gasteiger partial charge on any atom is -0.317 e. The maximum Gasteiger partial charge on any atom is 0.294 e. The monoisotopic (exact) mass is 231 g/mol. The molecule has 0 spiro atoms. The molecule has 0 fully saturated rings. The molecular weight excluding hydrogens is 214 g/mol. The van der Waals surface area contributed by atoms with E-state index in [9.17, 15) is 8.42 Å². The van der Waals surface area contributed by atoms with E-state index in [4.69, 9.17) is 4.55 Å². The first-order valence-corrected chi connectivity index (χ1v) is 6.19. The summed E-state index contributed by atoms with van der Waals surface area (Å²) in [5.41, 5.74) is 0. The first-order chi connectivity index (χ1) is 7.02. The third-order valence-electron chi connectivity index (χ3n) is 1.54. The van der Waals surface area contributed by atoms with Crippen molar-refractivity contribution in [3.05, 3.63) is 30.3 Å². The van der Waals surface area contributed by atoms with E-state index in [2.05, 4.69) is 19.2 Å². The van der Waals surface area contributed by atoms with Crippen molar-refractivity contribution in [2.75, 3.05) is 13.1 Å². The van der Waals surface area contributed by atoms with Gasteiger partial charge in [0.2, 0.25) is 0 Å². The summed E-state index contributed by atoms with van der Waals surface area (Å²) in [6, 6.07) is 7.42. The van der Waals surface area contributed by atoms with Gasteiger partial charge in [-0.2, -0.15) is 8.42 Å². The van der Waals surface area contributed by atoms with Crippen LogP contribution in [0.1, 0.15) is 13.8 Å². The summed E-state index contributed by atoms with van der Waals surface area (Å²) < 4.78 is 29.2. The Morgan fingerprint density at radius 2 is 1.60 bits per heavy atom. The lowest BCUT2D eigenvalue weighted by molar-refractivity contribution is 0.483. The first-order valence-electron chi connectivity index (χ1n) is 4.75. The van der Waals surface area contributed by atoms with Gasteiger partial charge >= 0.3 is 0 Å². The van der Waals surface area contributed by atoms with E-state index in [-0.39, 0.29) is 4.90 Å². The normalized spacial score (nSPS) is 10.3. The Morgan fingerprint density at radius 1 is 1.13 bits per heavy atom. The molecule has 0 saturated heterocycles. The minimum absolute atomic E-state index is 0.0741. The van der Waals surface area contributed by atoms with Crippen LogP contribution in [0.2, 0.25) is 0 Å². The van der Waals surface area contributed by atoms with Crippen molar-refractivity contribution in [2.45, 2.75) is 18.7 Å². The molecule has 4 nitrogen and oxygen atoms in total. The van der Waals surface area contributed by atoms with E-state index in [1.807, 2.05) is 0 Å². The van der Waals surface area contributed by atoms with Crippen LogP contribution in [0.25, 0.3) is 0 Å². The van der Waals surface area contributed by atoms with Crippen LogP contribution in [0.4, 0.5) is 0 Å². The molecule has 0 amide bonds. The molecule has 1 aromatic rings. The minimum atomic E-state index is -4.00. The van der Waals surface area contributed by atoms with E-state index >= 15 is 0 Å². The Balaban J connectivity index is 0.000000336. The van der Waals surface area contributed by atoms with Crippen molar-refractivity contribution in [2.24, 2.45) is 0 Å². The topological polar surface area (TPSA) is 66.4 Å². The average Bonchev–Trinajstić information content (AvgIpc) is 2.20. The Kier molecular flexibility index (Phi) is 6.94. The number of nitrogens with one attached hydrogen (secondary N) is 1. The predicted octanol–water partition coefficient (Wildman–Crippen LogP) is 1.55. The summed E-state index contributed by atoms with van der Waals surface area (Å²) in [5, 5.41) is 3.11. The molecule has 0 bridgehead atoms. The third-order valence-corrected chi connectivity index (χ3v) is 2.41. The molecular formula is C10H17NO3S. The quantitative estimate of drug-likeness (QED) is 0.775. The van der Waals surface area contributed by atoms with Gasteiger partial charge in [0.25, 0.3) is 10.1 Å². The second kappa shape index (κ2) is 7.39. The van der Waals surface area contributed by atoms with Crippen molar-refractivity contribution in [3.63, 3.8) is 0 Å². The first kappa shape index (κ1) is 14.1. The summed E-state index contributed by atoms with van der Waals surface area (Å²) in [6.45, 7) is 6.39. The summed E-state index contributed by atoms with van der Waals surface area (Å²) in [4.78, 5) is -0.0741. The maximum absolute atomic E-state index is 10.4. The Morgan fingerprint density at radius 3 is 1.80 bits per heavy atom. The lowest BCUT2D eigenvalue weighted by Gasteiger charge is -1.92. The summed E-state index contributed by atoms with van der Waals surface area (Å²) in [7, 11) is -4.00. The molecule has 0 aliphatic carbocycles. The van der Waals surface area contributed by atoms with Gasteiger partial charge in [-0.1, -0.05) is 32.0 Å². The summed E-state index contributed by atoms with van der Waals surface area (Å²) >= 11 is 0. The predicted molar refractivity (Wildman–Crippen MR) is 60.5 cm³/mol. The van der Waals surface area contributed by atoms with Crippen LogP contribution in [0.3, 0.4) is 0 Å². The summed E-state index contributed by atoms with van der Waals surface area (Å²) in [6.07, 6.45) is 0. The molecule has 0 aliphatic heterocycles. The number of benzene rings is 1. The van der Waals surface area contributed by atoms with Crippen LogP contribution in [0, 0.1) is 0 Å². The number of hydrogen-bond donors (Lipinski definition) is 2. The van der Waals surface area contributed by atoms with Gasteiger partial charge in [0.05, 0.1) is 4.90 Å². The molecule has 0 saturated carbocycles. The highest BCUT2D eigenvalue weighted by molar-refractivity contribution is 7.85. The van der Waals surface area contributed by atoms with Crippen LogP contribution in [-0.2, 0) is 10.1 Å². The molecule has 0 aliphatic rings. The highest BCUT2D eigenvalue weighted by Gasteiger charge is 2.05. The molecule has 0 heterocycles. The fraction of sp³-hybridized carbons (Fsp3) is 0.400. The largest absolute Gasteiger partial charge is 0.317 e. The Bertz CT molecular complexity index is 346. The number of hydrogen-bond acceptors (Lipinski definition) is 3. The average molecular weight is 231 g/mol. The molecule has 0 aromatic heterocycles. The van der Waals surface area contributed by atoms with Crippen LogP contribution in [0.5, 0.6) is 0 Å². The van der Waals surface area contributed by atoms with E-state index in [1.54, 1.807) is 18.2 Å². The fourth-order valence-electron chi connectivity index (χ4n) is 0.842. The van der Waals surface area contributed by atoms with E-state index in [0.717, 1.165) is 13.1 Å². The van der Waals surface area contributed by atoms with Gasteiger partial charge in [0.15, 0.2) is 0 Å². The van der Waals surface area contributed by atoms with Gasteiger partial charge in [0, 0.05) is 0 Å². The van der Waals surface area contributed by atoms with Crippen molar-refractivity contribution in [1.82, 2.24) is 5.32 Å². The zero-order valence-corrected chi connectivity index (χ0v) is 9.79. The Labute approximate surface area is 91.1 Å². The smallest absolute Gasteiger partial charge is 0.294 e. The number of rotatable bonds is 3. The van der Waals surface area contributed by atoms with E-state index in [0.29, 0.717) is 0 Å². The molecule has 5 heteroatoms. The van der Waals surface area contributed by atoms with Gasteiger partial charge in [-0.05, 0) is 25.2 Å². The van der Waals surface area contributed by atoms with Gasteiger partial charge in [-0.25, -0.2) is 0 Å². The van der Waals surface area contributed by atoms with E-state index in [1.165, 1.54) is 12.1 Å². The van der Waals surface area contributed by atoms with Crippen LogP contribution in [-0.4, -0.2) is 26.1 Å². The van der Waals surface area contributed by atoms with Crippen LogP contribution in [0.15, 0.2) is 35.2 Å². The molecule has 0 radical (unpaired) electrons. The Hall–Kier alpha value is -0.910. The second-order valence-corrected chi connectivity index (χ2v) is 4.17. The SMILES string of the molecule is CCNCC.O=S(=O)(O)c1ccccc1. The molecule has 86 valence electrons. The maximum atomic E-state index is 10.4.